The molecule has 2 aromatic carbocycles. The second kappa shape index (κ2) is 18.8. The predicted octanol–water partition coefficient (Wildman–Crippen LogP) is 5.87. The number of rotatable bonds is 9. The Labute approximate surface area is 290 Å². The number of hydrogen-bond donors (Lipinski definition) is 4. The number of ether oxygens (including phenoxy) is 4. The molecule has 0 radical (unpaired) electrons. The van der Waals surface area contributed by atoms with Crippen LogP contribution in [0.5, 0.6) is 0 Å². The first kappa shape index (κ1) is 44.4. The molecule has 0 saturated heterocycles. The molecule has 0 aliphatic rings. The fourth-order valence-electron chi connectivity index (χ4n) is 2.95. The Bertz CT molecular complexity index is 1360. The van der Waals surface area contributed by atoms with Crippen molar-refractivity contribution >= 4 is 30.1 Å². The summed E-state index contributed by atoms with van der Waals surface area (Å²) in [6.07, 6.45) is -1.41. The summed E-state index contributed by atoms with van der Waals surface area (Å²) < 4.78 is 20.3. The topological polar surface area (TPSA) is 193 Å². The number of nitrogens with one attached hydrogen (secondary N) is 2. The van der Waals surface area contributed by atoms with Gasteiger partial charge in [-0.25, -0.2) is 19.2 Å². The third-order valence-corrected chi connectivity index (χ3v) is 5.62. The lowest BCUT2D eigenvalue weighted by Crippen LogP contribution is -2.52. The number of nitrogens with two attached hydrogens (primary N) is 1. The molecule has 0 aliphatic heterocycles. The van der Waals surface area contributed by atoms with E-state index in [4.69, 9.17) is 29.8 Å². The zero-order valence-electron chi connectivity index (χ0n) is 30.9. The van der Waals surface area contributed by atoms with Crippen LogP contribution in [0.1, 0.15) is 94.2 Å². The average Bonchev–Trinajstić information content (AvgIpc) is 2.94. The molecule has 0 aromatic heterocycles. The third kappa shape index (κ3) is 21.0. The fourth-order valence-corrected chi connectivity index (χ4v) is 2.95. The highest BCUT2D eigenvalue weighted by Crippen LogP contribution is 2.15. The van der Waals surface area contributed by atoms with Crippen LogP contribution in [0.15, 0.2) is 60.7 Å². The summed E-state index contributed by atoms with van der Waals surface area (Å²) in [7, 11) is 0. The molecule has 13 heteroatoms. The van der Waals surface area contributed by atoms with E-state index in [1.165, 1.54) is 13.8 Å². The van der Waals surface area contributed by atoms with E-state index >= 15 is 0 Å². The monoisotopic (exact) mass is 689 g/mol. The summed E-state index contributed by atoms with van der Waals surface area (Å²) in [6, 6.07) is 18.5. The molecule has 0 spiro atoms. The molecule has 0 bridgehead atoms. The van der Waals surface area contributed by atoms with Gasteiger partial charge in [0, 0.05) is 0 Å². The van der Waals surface area contributed by atoms with Gasteiger partial charge >= 0.3 is 30.1 Å². The number of alkyl carbamates (subject to hydrolysis) is 2. The summed E-state index contributed by atoms with van der Waals surface area (Å²) in [5, 5.41) is 13.6. The quantitative estimate of drug-likeness (QED) is 0.182. The molecule has 0 fully saturated rings. The van der Waals surface area contributed by atoms with Gasteiger partial charge in [-0.15, -0.1) is 0 Å². The van der Waals surface area contributed by atoms with Gasteiger partial charge in [0.15, 0.2) is 0 Å². The zero-order valence-corrected chi connectivity index (χ0v) is 30.9. The standard InChI is InChI=1S/C16H23NO4.C12H15NO4.C8H17NO2/c1-15(2,3)21-13(18)16(4,5)17-14(19)20-11-12-9-7-6-8-10-12;1-12(2,10(14)15)13-11(16)17-8-9-6-4-3-5-7-9;1-7(2,3)11-6(10)8(4,5)9/h6-10H,11H2,1-5H3,(H,17,19);3-7H,8H2,1-2H3,(H,13,16)(H,14,15);9H2,1-5H3. The SMILES string of the molecule is CC(C)(C)OC(=O)C(C)(C)N.CC(C)(C)OC(=O)C(C)(C)NC(=O)OCc1ccccc1.CC(C)(NC(=O)OCc1ccccc1)C(=O)O. The zero-order chi connectivity index (χ0) is 38.3. The van der Waals surface area contributed by atoms with Crippen molar-refractivity contribution in [2.75, 3.05) is 0 Å². The molecule has 2 aromatic rings. The van der Waals surface area contributed by atoms with Gasteiger partial charge in [0.25, 0.3) is 0 Å². The van der Waals surface area contributed by atoms with E-state index in [9.17, 15) is 24.0 Å². The summed E-state index contributed by atoms with van der Waals surface area (Å²) in [4.78, 5) is 57.0. The molecule has 274 valence electrons. The summed E-state index contributed by atoms with van der Waals surface area (Å²) in [5.41, 5.74) is 2.79. The number of benzene rings is 2. The summed E-state index contributed by atoms with van der Waals surface area (Å²) in [5.74, 6) is -1.99. The molecule has 2 rings (SSSR count). The molecule has 0 aliphatic carbocycles. The van der Waals surface area contributed by atoms with Gasteiger partial charge in [-0.2, -0.15) is 0 Å². The predicted molar refractivity (Wildman–Crippen MR) is 185 cm³/mol. The van der Waals surface area contributed by atoms with E-state index in [1.807, 2.05) is 81.4 Å². The minimum Gasteiger partial charge on any atom is -0.480 e. The van der Waals surface area contributed by atoms with E-state index in [0.29, 0.717) is 0 Å². The van der Waals surface area contributed by atoms with Crippen LogP contribution in [-0.4, -0.2) is 63.0 Å². The van der Waals surface area contributed by atoms with E-state index in [0.717, 1.165) is 11.1 Å². The van der Waals surface area contributed by atoms with Gasteiger partial charge in [0.05, 0.1) is 0 Å². The molecule has 2 amide bonds. The van der Waals surface area contributed by atoms with E-state index in [-0.39, 0.29) is 19.2 Å². The number of esters is 2. The summed E-state index contributed by atoms with van der Waals surface area (Å²) in [6.45, 7) is 20.2. The molecular formula is C36H55N3O10. The highest BCUT2D eigenvalue weighted by molar-refractivity contribution is 5.85. The van der Waals surface area contributed by atoms with Crippen LogP contribution in [0.25, 0.3) is 0 Å². The molecule has 0 unspecified atom stereocenters. The molecule has 49 heavy (non-hydrogen) atoms. The molecule has 13 nitrogen and oxygen atoms in total. The van der Waals surface area contributed by atoms with Gasteiger partial charge in [-0.1, -0.05) is 60.7 Å². The number of carboxylic acid groups (broad SMARTS) is 1. The second-order valence-electron chi connectivity index (χ2n) is 14.7. The normalized spacial score (nSPS) is 11.6. The highest BCUT2D eigenvalue weighted by Gasteiger charge is 2.34. The number of carbonyl (C=O) groups excluding carboxylic acids is 4. The van der Waals surface area contributed by atoms with Crippen LogP contribution in [0.4, 0.5) is 9.59 Å². The number of amides is 2. The van der Waals surface area contributed by atoms with Crippen LogP contribution < -0.4 is 16.4 Å². The average molecular weight is 690 g/mol. The van der Waals surface area contributed by atoms with Gasteiger partial charge in [0.1, 0.15) is 41.0 Å². The molecule has 0 atom stereocenters. The smallest absolute Gasteiger partial charge is 0.408 e. The number of carboxylic acids is 1. The first-order chi connectivity index (χ1) is 22.1. The van der Waals surface area contributed by atoms with E-state index < -0.39 is 51.9 Å². The summed E-state index contributed by atoms with van der Waals surface area (Å²) >= 11 is 0. The number of hydrogen-bond acceptors (Lipinski definition) is 10. The highest BCUT2D eigenvalue weighted by atomic mass is 16.6. The van der Waals surface area contributed by atoms with Crippen LogP contribution in [0, 0.1) is 0 Å². The Morgan fingerprint density at radius 3 is 1.18 bits per heavy atom. The second-order valence-corrected chi connectivity index (χ2v) is 14.7. The lowest BCUT2D eigenvalue weighted by atomic mass is 10.1. The van der Waals surface area contributed by atoms with Crippen molar-refractivity contribution in [2.24, 2.45) is 5.73 Å². The van der Waals surface area contributed by atoms with Crippen molar-refractivity contribution in [3.63, 3.8) is 0 Å². The molecule has 5 N–H and O–H groups in total. The van der Waals surface area contributed by atoms with Gasteiger partial charge < -0.3 is 40.4 Å². The van der Waals surface area contributed by atoms with Crippen molar-refractivity contribution in [3.05, 3.63) is 71.8 Å². The molecule has 0 saturated carbocycles. The van der Waals surface area contributed by atoms with Crippen LogP contribution >= 0.6 is 0 Å². The first-order valence-corrected chi connectivity index (χ1v) is 15.6. The van der Waals surface area contributed by atoms with E-state index in [2.05, 4.69) is 10.6 Å². The van der Waals surface area contributed by atoms with Gasteiger partial charge in [-0.3, -0.25) is 4.79 Å². The van der Waals surface area contributed by atoms with Crippen molar-refractivity contribution in [3.8, 4) is 0 Å². The lowest BCUT2D eigenvalue weighted by molar-refractivity contribution is -0.162. The van der Waals surface area contributed by atoms with E-state index in [1.54, 1.807) is 48.5 Å². The maximum absolute atomic E-state index is 12.0. The van der Waals surface area contributed by atoms with Crippen LogP contribution in [0.2, 0.25) is 0 Å². The Balaban J connectivity index is 0.000000741. The maximum atomic E-state index is 12.0. The van der Waals surface area contributed by atoms with Gasteiger partial charge in [0.2, 0.25) is 0 Å². The Hall–Kier alpha value is -4.65. The minimum atomic E-state index is -1.34. The maximum Gasteiger partial charge on any atom is 0.408 e. The first-order valence-electron chi connectivity index (χ1n) is 15.6. The van der Waals surface area contributed by atoms with Crippen molar-refractivity contribution < 1.29 is 48.0 Å². The van der Waals surface area contributed by atoms with Crippen molar-refractivity contribution in [2.45, 2.75) is 124 Å². The van der Waals surface area contributed by atoms with Crippen molar-refractivity contribution in [1.82, 2.24) is 10.6 Å². The lowest BCUT2D eigenvalue weighted by Gasteiger charge is -2.28. The molecular weight excluding hydrogens is 634 g/mol. The Kier molecular flexibility index (Phi) is 17.0. The van der Waals surface area contributed by atoms with Crippen LogP contribution in [0.3, 0.4) is 0 Å². The van der Waals surface area contributed by atoms with Crippen molar-refractivity contribution in [1.29, 1.82) is 0 Å². The fraction of sp³-hybridized carbons (Fsp3) is 0.528. The number of carbonyl (C=O) groups is 5. The largest absolute Gasteiger partial charge is 0.480 e. The molecule has 0 heterocycles. The Morgan fingerprint density at radius 2 is 0.898 bits per heavy atom. The third-order valence-electron chi connectivity index (χ3n) is 5.62. The van der Waals surface area contributed by atoms with Gasteiger partial charge in [-0.05, 0) is 94.2 Å². The Morgan fingerprint density at radius 1 is 0.571 bits per heavy atom. The number of aliphatic carboxylic acids is 1. The minimum absolute atomic E-state index is 0.113. The van der Waals surface area contributed by atoms with Crippen LogP contribution in [-0.2, 0) is 46.5 Å².